The third-order valence-electron chi connectivity index (χ3n) is 6.71. The maximum absolute atomic E-state index is 13.3. The smallest absolute Gasteiger partial charge is 0.226 e. The fourth-order valence-corrected chi connectivity index (χ4v) is 5.43. The second-order valence-electron chi connectivity index (χ2n) is 8.05. The number of carbonyl (C=O) groups excluding carboxylic acids is 1. The van der Waals surface area contributed by atoms with Crippen LogP contribution in [0.4, 0.5) is 0 Å². The van der Waals surface area contributed by atoms with Gasteiger partial charge in [-0.3, -0.25) is 4.79 Å². The van der Waals surface area contributed by atoms with Crippen LogP contribution in [0, 0.1) is 11.3 Å². The van der Waals surface area contributed by atoms with Crippen molar-refractivity contribution in [1.29, 1.82) is 0 Å². The molecule has 3 rings (SSSR count). The maximum atomic E-state index is 13.3. The third kappa shape index (κ3) is 4.17. The van der Waals surface area contributed by atoms with E-state index >= 15 is 0 Å². The number of piperidine rings is 1. The average molecular weight is 373 g/mol. The molecule has 1 N–H and O–H groups in total. The van der Waals surface area contributed by atoms with E-state index in [0.29, 0.717) is 18.1 Å². The molecule has 0 aromatic rings. The van der Waals surface area contributed by atoms with E-state index in [1.165, 1.54) is 32.1 Å². The average Bonchev–Trinajstić information content (AvgIpc) is 2.64. The van der Waals surface area contributed by atoms with Gasteiger partial charge in [0.1, 0.15) is 0 Å². The Kier molecular flexibility index (Phi) is 8.03. The fraction of sp³-hybridized carbons (Fsp3) is 0.950. The summed E-state index contributed by atoms with van der Waals surface area (Å²) in [6.07, 6.45) is 11.0. The SMILES string of the molecule is CCCN(C(=O)C1CCNCC1)C1CC(OCC)C12CCCCC2.Cl. The molecule has 1 saturated heterocycles. The molecule has 25 heavy (non-hydrogen) atoms. The number of rotatable bonds is 6. The monoisotopic (exact) mass is 372 g/mol. The summed E-state index contributed by atoms with van der Waals surface area (Å²) in [7, 11) is 0. The van der Waals surface area contributed by atoms with E-state index < -0.39 is 0 Å². The Hall–Kier alpha value is -0.320. The molecule has 0 bridgehead atoms. The van der Waals surface area contributed by atoms with Crippen molar-refractivity contribution >= 4 is 18.3 Å². The molecule has 2 atom stereocenters. The molecule has 2 unspecified atom stereocenters. The topological polar surface area (TPSA) is 41.6 Å². The van der Waals surface area contributed by atoms with E-state index in [0.717, 1.165) is 51.9 Å². The zero-order valence-corrected chi connectivity index (χ0v) is 16.9. The molecular formula is C20H37ClN2O2. The number of halogens is 1. The summed E-state index contributed by atoms with van der Waals surface area (Å²) in [4.78, 5) is 15.6. The number of hydrogen-bond donors (Lipinski definition) is 1. The van der Waals surface area contributed by atoms with Crippen molar-refractivity contribution in [2.75, 3.05) is 26.2 Å². The molecule has 0 aromatic carbocycles. The van der Waals surface area contributed by atoms with Gasteiger partial charge >= 0.3 is 0 Å². The zero-order valence-electron chi connectivity index (χ0n) is 16.1. The molecule has 4 nitrogen and oxygen atoms in total. The van der Waals surface area contributed by atoms with Gasteiger partial charge in [0.15, 0.2) is 0 Å². The first-order chi connectivity index (χ1) is 11.7. The Morgan fingerprint density at radius 1 is 1.16 bits per heavy atom. The normalized spacial score (nSPS) is 28.9. The molecule has 2 aliphatic carbocycles. The lowest BCUT2D eigenvalue weighted by Gasteiger charge is -2.61. The van der Waals surface area contributed by atoms with Gasteiger partial charge < -0.3 is 15.0 Å². The molecule has 1 spiro atoms. The van der Waals surface area contributed by atoms with Crippen molar-refractivity contribution in [3.05, 3.63) is 0 Å². The molecule has 0 radical (unpaired) electrons. The molecule has 146 valence electrons. The van der Waals surface area contributed by atoms with Crippen molar-refractivity contribution < 1.29 is 9.53 Å². The predicted molar refractivity (Wildman–Crippen MR) is 104 cm³/mol. The summed E-state index contributed by atoms with van der Waals surface area (Å²) < 4.78 is 6.11. The molecule has 0 aromatic heterocycles. The Labute approximate surface area is 159 Å². The standard InChI is InChI=1S/C20H36N2O2.ClH/c1-3-14-22(19(23)16-8-12-21-13-9-16)17-15-18(24-4-2)20(17)10-6-5-7-11-20;/h16-18,21H,3-15H2,1-2H3;1H. The fourth-order valence-electron chi connectivity index (χ4n) is 5.43. The number of amides is 1. The van der Waals surface area contributed by atoms with Crippen LogP contribution in [0.1, 0.15) is 71.6 Å². The van der Waals surface area contributed by atoms with Crippen LogP contribution in [-0.2, 0) is 9.53 Å². The van der Waals surface area contributed by atoms with Gasteiger partial charge in [-0.1, -0.05) is 26.2 Å². The molecule has 2 saturated carbocycles. The van der Waals surface area contributed by atoms with Gasteiger partial charge in [0, 0.05) is 30.5 Å². The van der Waals surface area contributed by atoms with Crippen LogP contribution >= 0.6 is 12.4 Å². The first-order valence-electron chi connectivity index (χ1n) is 10.4. The van der Waals surface area contributed by atoms with Crippen LogP contribution in [0.3, 0.4) is 0 Å². The molecule has 5 heteroatoms. The number of carbonyl (C=O) groups is 1. The Bertz CT molecular complexity index is 420. The summed E-state index contributed by atoms with van der Waals surface area (Å²) in [6, 6.07) is 0.427. The second kappa shape index (κ2) is 9.57. The Morgan fingerprint density at radius 3 is 2.44 bits per heavy atom. The second-order valence-corrected chi connectivity index (χ2v) is 8.05. The number of hydrogen-bond acceptors (Lipinski definition) is 3. The van der Waals surface area contributed by atoms with Crippen molar-refractivity contribution in [2.45, 2.75) is 83.8 Å². The largest absolute Gasteiger partial charge is 0.378 e. The lowest BCUT2D eigenvalue weighted by Crippen LogP contribution is -2.67. The molecular weight excluding hydrogens is 336 g/mol. The van der Waals surface area contributed by atoms with Gasteiger partial charge in [0.25, 0.3) is 0 Å². The quantitative estimate of drug-likeness (QED) is 0.771. The van der Waals surface area contributed by atoms with Crippen LogP contribution in [0.15, 0.2) is 0 Å². The van der Waals surface area contributed by atoms with Crippen LogP contribution in [0.5, 0.6) is 0 Å². The van der Waals surface area contributed by atoms with Crippen molar-refractivity contribution in [2.24, 2.45) is 11.3 Å². The van der Waals surface area contributed by atoms with E-state index in [2.05, 4.69) is 24.1 Å². The third-order valence-corrected chi connectivity index (χ3v) is 6.71. The van der Waals surface area contributed by atoms with E-state index in [-0.39, 0.29) is 23.7 Å². The Balaban J connectivity index is 0.00000225. The molecule has 3 aliphatic rings. The number of nitrogens with one attached hydrogen (secondary N) is 1. The minimum absolute atomic E-state index is 0. The zero-order chi connectivity index (χ0) is 17.0. The summed E-state index contributed by atoms with van der Waals surface area (Å²) in [5.74, 6) is 0.674. The van der Waals surface area contributed by atoms with E-state index in [1.807, 2.05) is 0 Å². The maximum Gasteiger partial charge on any atom is 0.226 e. The van der Waals surface area contributed by atoms with E-state index in [4.69, 9.17) is 4.74 Å². The van der Waals surface area contributed by atoms with E-state index in [1.54, 1.807) is 0 Å². The number of nitrogens with zero attached hydrogens (tertiary/aromatic N) is 1. The summed E-state index contributed by atoms with van der Waals surface area (Å²) in [5, 5.41) is 3.39. The number of ether oxygens (including phenoxy) is 1. The van der Waals surface area contributed by atoms with Gasteiger partial charge in [0.2, 0.25) is 5.91 Å². The first kappa shape index (κ1) is 21.0. The van der Waals surface area contributed by atoms with Gasteiger partial charge in [-0.15, -0.1) is 12.4 Å². The highest BCUT2D eigenvalue weighted by atomic mass is 35.5. The lowest BCUT2D eigenvalue weighted by atomic mass is 9.54. The molecule has 1 amide bonds. The summed E-state index contributed by atoms with van der Waals surface area (Å²) >= 11 is 0. The van der Waals surface area contributed by atoms with Crippen LogP contribution in [0.2, 0.25) is 0 Å². The molecule has 1 aliphatic heterocycles. The minimum atomic E-state index is 0. The van der Waals surface area contributed by atoms with Gasteiger partial charge in [-0.25, -0.2) is 0 Å². The minimum Gasteiger partial charge on any atom is -0.378 e. The first-order valence-corrected chi connectivity index (χ1v) is 10.4. The highest BCUT2D eigenvalue weighted by molar-refractivity contribution is 5.85. The Morgan fingerprint density at radius 2 is 1.84 bits per heavy atom. The lowest BCUT2D eigenvalue weighted by molar-refractivity contribution is -0.191. The highest BCUT2D eigenvalue weighted by Crippen LogP contribution is 2.55. The highest BCUT2D eigenvalue weighted by Gasteiger charge is 2.58. The summed E-state index contributed by atoms with van der Waals surface area (Å²) in [6.45, 7) is 8.02. The molecule has 3 fully saturated rings. The van der Waals surface area contributed by atoms with Crippen LogP contribution < -0.4 is 5.32 Å². The van der Waals surface area contributed by atoms with Crippen molar-refractivity contribution in [3.8, 4) is 0 Å². The van der Waals surface area contributed by atoms with Gasteiger partial charge in [-0.2, -0.15) is 0 Å². The van der Waals surface area contributed by atoms with Gasteiger partial charge in [-0.05, 0) is 58.5 Å². The van der Waals surface area contributed by atoms with Crippen LogP contribution in [0.25, 0.3) is 0 Å². The molecule has 1 heterocycles. The van der Waals surface area contributed by atoms with Crippen LogP contribution in [-0.4, -0.2) is 49.2 Å². The van der Waals surface area contributed by atoms with Gasteiger partial charge in [0.05, 0.1) is 6.10 Å². The van der Waals surface area contributed by atoms with Crippen molar-refractivity contribution in [3.63, 3.8) is 0 Å². The van der Waals surface area contributed by atoms with E-state index in [9.17, 15) is 4.79 Å². The summed E-state index contributed by atoms with van der Waals surface area (Å²) in [5.41, 5.74) is 0.256. The van der Waals surface area contributed by atoms with Crippen molar-refractivity contribution in [1.82, 2.24) is 10.2 Å². The predicted octanol–water partition coefficient (Wildman–Crippen LogP) is 3.77.